The first kappa shape index (κ1) is 23.1. The molecule has 0 unspecified atom stereocenters. The second-order valence-electron chi connectivity index (χ2n) is 10.2. The molecule has 0 amide bonds. The molecule has 0 radical (unpaired) electrons. The van der Waals surface area contributed by atoms with Gasteiger partial charge in [0.25, 0.3) is 0 Å². The number of hydrogen-bond donors (Lipinski definition) is 0. The van der Waals surface area contributed by atoms with Crippen LogP contribution in [0.2, 0.25) is 0 Å². The summed E-state index contributed by atoms with van der Waals surface area (Å²) in [5, 5.41) is 2.57. The first-order valence-electron chi connectivity index (χ1n) is 13.8. The molecule has 0 bridgehead atoms. The van der Waals surface area contributed by atoms with E-state index in [-0.39, 0.29) is 0 Å². The molecule has 5 aromatic carbocycles. The lowest BCUT2D eigenvalue weighted by Crippen LogP contribution is -1.96. The molecule has 8 rings (SSSR count). The minimum absolute atomic E-state index is 1.04. The van der Waals surface area contributed by atoms with Crippen molar-refractivity contribution in [2.45, 2.75) is 12.8 Å². The van der Waals surface area contributed by atoms with E-state index in [9.17, 15) is 0 Å². The third kappa shape index (κ3) is 3.56. The number of aromatic nitrogens is 1. The number of nitrogens with zero attached hydrogens (tertiary/aromatic N) is 1. The summed E-state index contributed by atoms with van der Waals surface area (Å²) >= 11 is 1.93. The zero-order valence-electron chi connectivity index (χ0n) is 21.9. The second kappa shape index (κ2) is 9.42. The Kier molecular flexibility index (Phi) is 5.43. The number of allylic oxidation sites excluding steroid dienone is 1. The fourth-order valence-corrected chi connectivity index (χ4v) is 7.63. The maximum atomic E-state index is 3.42. The van der Waals surface area contributed by atoms with Crippen molar-refractivity contribution in [3.05, 3.63) is 145 Å². The zero-order valence-corrected chi connectivity index (χ0v) is 22.7. The third-order valence-corrected chi connectivity index (χ3v) is 9.26. The maximum absolute atomic E-state index is 3.42. The van der Waals surface area contributed by atoms with Gasteiger partial charge < -0.3 is 4.57 Å². The molecule has 0 atom stereocenters. The van der Waals surface area contributed by atoms with Gasteiger partial charge in [-0.1, -0.05) is 103 Å². The maximum Gasteiger partial charge on any atom is 0.0548 e. The van der Waals surface area contributed by atoms with Crippen LogP contribution in [0.15, 0.2) is 121 Å². The average Bonchev–Trinajstić information content (AvgIpc) is 3.58. The molecule has 0 fully saturated rings. The lowest BCUT2D eigenvalue weighted by molar-refractivity contribution is 0.997. The quantitative estimate of drug-likeness (QED) is 0.215. The summed E-state index contributed by atoms with van der Waals surface area (Å²) < 4.78 is 2.41. The van der Waals surface area contributed by atoms with Crippen molar-refractivity contribution in [1.82, 2.24) is 4.57 Å². The van der Waals surface area contributed by atoms with Crippen LogP contribution in [-0.2, 0) is 6.42 Å². The van der Waals surface area contributed by atoms with Crippen molar-refractivity contribution in [3.8, 4) is 37.7 Å². The van der Waals surface area contributed by atoms with Gasteiger partial charge in [0.1, 0.15) is 0 Å². The van der Waals surface area contributed by atoms with Crippen molar-refractivity contribution in [2.75, 3.05) is 0 Å². The van der Waals surface area contributed by atoms with Gasteiger partial charge in [0.2, 0.25) is 0 Å². The Morgan fingerprint density at radius 3 is 2.33 bits per heavy atom. The van der Waals surface area contributed by atoms with Crippen LogP contribution in [0.5, 0.6) is 0 Å². The van der Waals surface area contributed by atoms with E-state index < -0.39 is 0 Å². The van der Waals surface area contributed by atoms with E-state index in [1.165, 1.54) is 65.1 Å². The van der Waals surface area contributed by atoms with E-state index >= 15 is 0 Å². The number of fused-ring (bicyclic) bond motifs is 4. The lowest BCUT2D eigenvalue weighted by Gasteiger charge is -2.15. The number of benzene rings is 4. The SMILES string of the molecule is c1cccc(-c2ccc3c(c2-c2sc(-c4ccccc4)c4c2CCC=C4)c2ccccc2n3-c2ccccc2)c#1. The summed E-state index contributed by atoms with van der Waals surface area (Å²) in [7, 11) is 0. The summed E-state index contributed by atoms with van der Waals surface area (Å²) in [5.41, 5.74) is 11.3. The molecule has 2 heterocycles. The number of thiophene rings is 1. The average molecular weight is 528 g/mol. The Hall–Kier alpha value is -4.84. The van der Waals surface area contributed by atoms with Crippen LogP contribution in [0.3, 0.4) is 0 Å². The largest absolute Gasteiger partial charge is 0.309 e. The van der Waals surface area contributed by atoms with Crippen molar-refractivity contribution < 1.29 is 0 Å². The third-order valence-electron chi connectivity index (χ3n) is 7.95. The summed E-state index contributed by atoms with van der Waals surface area (Å²) in [6.45, 7) is 0. The molecule has 1 aliphatic rings. The zero-order chi connectivity index (χ0) is 26.5. The van der Waals surface area contributed by atoms with Gasteiger partial charge in [0, 0.05) is 37.3 Å². The second-order valence-corrected chi connectivity index (χ2v) is 11.3. The van der Waals surface area contributed by atoms with E-state index in [0.29, 0.717) is 0 Å². The highest BCUT2D eigenvalue weighted by Crippen LogP contribution is 2.51. The Bertz CT molecular complexity index is 2030. The molecule has 40 heavy (non-hydrogen) atoms. The van der Waals surface area contributed by atoms with E-state index in [4.69, 9.17) is 0 Å². The molecule has 2 heteroatoms. The van der Waals surface area contributed by atoms with Crippen LogP contribution in [0.4, 0.5) is 0 Å². The highest BCUT2D eigenvalue weighted by Gasteiger charge is 2.26. The van der Waals surface area contributed by atoms with Crippen LogP contribution in [0, 0.1) is 12.1 Å². The number of para-hydroxylation sites is 2. The molecule has 0 spiro atoms. The van der Waals surface area contributed by atoms with Crippen molar-refractivity contribution >= 4 is 39.2 Å². The molecule has 0 saturated heterocycles. The first-order valence-corrected chi connectivity index (χ1v) is 14.6. The van der Waals surface area contributed by atoms with Crippen molar-refractivity contribution in [3.63, 3.8) is 0 Å². The molecule has 1 nitrogen and oxygen atoms in total. The molecule has 0 N–H and O–H groups in total. The molecular formula is C38H25NS. The predicted octanol–water partition coefficient (Wildman–Crippen LogP) is 10.4. The smallest absolute Gasteiger partial charge is 0.0548 e. The van der Waals surface area contributed by atoms with Crippen molar-refractivity contribution in [1.29, 1.82) is 0 Å². The molecule has 1 aliphatic carbocycles. The molecule has 2 aromatic heterocycles. The summed E-state index contributed by atoms with van der Waals surface area (Å²) in [6.07, 6.45) is 6.78. The van der Waals surface area contributed by atoms with Gasteiger partial charge in [0.15, 0.2) is 0 Å². The number of rotatable bonds is 4. The Morgan fingerprint density at radius 1 is 0.700 bits per heavy atom. The van der Waals surface area contributed by atoms with Crippen LogP contribution >= 0.6 is 11.3 Å². The highest BCUT2D eigenvalue weighted by atomic mass is 32.1. The Balaban J connectivity index is 1.54. The highest BCUT2D eigenvalue weighted by molar-refractivity contribution is 7.19. The van der Waals surface area contributed by atoms with Gasteiger partial charge in [-0.25, -0.2) is 0 Å². The summed E-state index contributed by atoms with van der Waals surface area (Å²) in [5.74, 6) is 0. The Morgan fingerprint density at radius 2 is 1.50 bits per heavy atom. The molecule has 0 aliphatic heterocycles. The molecule has 188 valence electrons. The molecule has 7 aromatic rings. The minimum atomic E-state index is 1.04. The van der Waals surface area contributed by atoms with Gasteiger partial charge in [-0.15, -0.1) is 11.3 Å². The standard InChI is InChI=1S/C38H25NS/c1-4-14-26(15-5-1)29-24-25-34-35(32-22-12-13-23-33(32)39(34)28-18-8-3-9-19-28)36(29)38-31-21-11-10-20-30(31)37(40-38)27-16-6-2-7-17-27/h1-4,6-10,12-14,16-20,22-25H,11,21H2. The fraction of sp³-hybridized carbons (Fsp3) is 0.0526. The van der Waals surface area contributed by atoms with Crippen LogP contribution in [-0.4, -0.2) is 4.57 Å². The van der Waals surface area contributed by atoms with Gasteiger partial charge in [-0.2, -0.15) is 0 Å². The summed E-state index contributed by atoms with van der Waals surface area (Å²) in [4.78, 5) is 2.71. The van der Waals surface area contributed by atoms with Gasteiger partial charge in [-0.3, -0.25) is 0 Å². The van der Waals surface area contributed by atoms with Crippen LogP contribution < -0.4 is 0 Å². The number of hydrogen-bond acceptors (Lipinski definition) is 1. The lowest BCUT2D eigenvalue weighted by atomic mass is 9.89. The van der Waals surface area contributed by atoms with E-state index in [2.05, 4.69) is 138 Å². The van der Waals surface area contributed by atoms with E-state index in [1.807, 2.05) is 17.4 Å². The Labute approximate surface area is 238 Å². The van der Waals surface area contributed by atoms with Gasteiger partial charge in [-0.05, 0) is 71.5 Å². The first-order chi connectivity index (χ1) is 19.9. The van der Waals surface area contributed by atoms with Gasteiger partial charge in [0.05, 0.1) is 11.0 Å². The minimum Gasteiger partial charge on any atom is -0.309 e. The summed E-state index contributed by atoms with van der Waals surface area (Å²) in [6, 6.07) is 47.8. The molecule has 0 saturated carbocycles. The predicted molar refractivity (Wildman–Crippen MR) is 170 cm³/mol. The van der Waals surface area contributed by atoms with E-state index in [0.717, 1.165) is 18.4 Å². The van der Waals surface area contributed by atoms with Crippen LogP contribution in [0.1, 0.15) is 17.5 Å². The van der Waals surface area contributed by atoms with Crippen molar-refractivity contribution in [2.24, 2.45) is 0 Å². The normalized spacial score (nSPS) is 12.5. The van der Waals surface area contributed by atoms with Gasteiger partial charge >= 0.3 is 0 Å². The topological polar surface area (TPSA) is 4.93 Å². The van der Waals surface area contributed by atoms with Crippen LogP contribution in [0.25, 0.3) is 65.6 Å². The molecular weight excluding hydrogens is 502 g/mol. The van der Waals surface area contributed by atoms with E-state index in [1.54, 1.807) is 0 Å². The monoisotopic (exact) mass is 527 g/mol. The fourth-order valence-electron chi connectivity index (χ4n) is 6.22.